The molecule has 7 nitrogen and oxygen atoms in total. The summed E-state index contributed by atoms with van der Waals surface area (Å²) >= 11 is 6.23. The third kappa shape index (κ3) is 5.30. The van der Waals surface area contributed by atoms with Crippen LogP contribution in [0.25, 0.3) is 6.08 Å². The Bertz CT molecular complexity index is 1040. The molecule has 11 heteroatoms. The fraction of sp³-hybridized carbons (Fsp3) is 0.150. The molecule has 31 heavy (non-hydrogen) atoms. The van der Waals surface area contributed by atoms with Crippen LogP contribution in [0.5, 0.6) is 17.2 Å². The molecular formula is C20H16F2N2O5S2. The number of thioether (sulfide) groups is 1. The van der Waals surface area contributed by atoms with Crippen molar-refractivity contribution >= 4 is 46.2 Å². The molecular weight excluding hydrogens is 450 g/mol. The van der Waals surface area contributed by atoms with Gasteiger partial charge in [-0.05, 0) is 60.3 Å². The Morgan fingerprint density at radius 3 is 2.42 bits per heavy atom. The van der Waals surface area contributed by atoms with Crippen LogP contribution in [0.15, 0.2) is 47.4 Å². The number of methoxy groups -OCH3 is 2. The summed E-state index contributed by atoms with van der Waals surface area (Å²) in [5.41, 5.74) is 3.24. The molecule has 0 spiro atoms. The summed E-state index contributed by atoms with van der Waals surface area (Å²) in [5, 5.41) is 0.957. The molecule has 1 aliphatic rings. The van der Waals surface area contributed by atoms with Gasteiger partial charge in [0, 0.05) is 5.56 Å². The number of ether oxygens (including phenoxy) is 3. The van der Waals surface area contributed by atoms with Gasteiger partial charge in [0.25, 0.3) is 11.8 Å². The summed E-state index contributed by atoms with van der Waals surface area (Å²) < 4.78 is 39.3. The Morgan fingerprint density at radius 1 is 1.13 bits per heavy atom. The monoisotopic (exact) mass is 466 g/mol. The number of hydrogen-bond donors (Lipinski definition) is 1. The summed E-state index contributed by atoms with van der Waals surface area (Å²) in [6, 6.07) is 10.2. The van der Waals surface area contributed by atoms with E-state index in [9.17, 15) is 18.4 Å². The van der Waals surface area contributed by atoms with Crippen LogP contribution in [-0.4, -0.2) is 42.0 Å². The van der Waals surface area contributed by atoms with Crippen molar-refractivity contribution in [3.8, 4) is 17.2 Å². The van der Waals surface area contributed by atoms with Gasteiger partial charge in [-0.3, -0.25) is 15.0 Å². The van der Waals surface area contributed by atoms with Gasteiger partial charge in [-0.15, -0.1) is 0 Å². The lowest BCUT2D eigenvalue weighted by Gasteiger charge is -2.15. The third-order valence-electron chi connectivity index (χ3n) is 4.05. The normalized spacial score (nSPS) is 14.9. The van der Waals surface area contributed by atoms with E-state index in [4.69, 9.17) is 21.7 Å². The van der Waals surface area contributed by atoms with E-state index in [1.54, 1.807) is 24.3 Å². The van der Waals surface area contributed by atoms with E-state index < -0.39 is 18.4 Å². The molecule has 3 rings (SSSR count). The average Bonchev–Trinajstić information content (AvgIpc) is 3.01. The summed E-state index contributed by atoms with van der Waals surface area (Å²) in [4.78, 5) is 25.5. The fourth-order valence-electron chi connectivity index (χ4n) is 2.61. The zero-order valence-electron chi connectivity index (χ0n) is 16.3. The number of carbonyl (C=O) groups excluding carboxylic acids is 2. The van der Waals surface area contributed by atoms with Gasteiger partial charge in [-0.1, -0.05) is 17.8 Å². The van der Waals surface area contributed by atoms with Crippen molar-refractivity contribution in [2.75, 3.05) is 14.2 Å². The molecule has 1 aliphatic heterocycles. The number of rotatable bonds is 7. The third-order valence-corrected chi connectivity index (χ3v) is 5.36. The smallest absolute Gasteiger partial charge is 0.387 e. The van der Waals surface area contributed by atoms with Gasteiger partial charge in [0.05, 0.1) is 19.1 Å². The van der Waals surface area contributed by atoms with Crippen molar-refractivity contribution in [1.82, 2.24) is 10.4 Å². The molecule has 1 saturated heterocycles. The second kappa shape index (κ2) is 9.75. The topological polar surface area (TPSA) is 77.1 Å². The number of nitrogens with zero attached hydrogens (tertiary/aromatic N) is 1. The molecule has 1 fully saturated rings. The Hall–Kier alpha value is -3.18. The number of amides is 2. The van der Waals surface area contributed by atoms with Gasteiger partial charge < -0.3 is 14.2 Å². The first-order valence-corrected chi connectivity index (χ1v) is 9.90. The van der Waals surface area contributed by atoms with E-state index in [-0.39, 0.29) is 15.6 Å². The van der Waals surface area contributed by atoms with Crippen molar-refractivity contribution in [3.63, 3.8) is 0 Å². The molecule has 1 heterocycles. The highest BCUT2D eigenvalue weighted by molar-refractivity contribution is 8.26. The molecule has 162 valence electrons. The van der Waals surface area contributed by atoms with Crippen LogP contribution in [0.3, 0.4) is 0 Å². The van der Waals surface area contributed by atoms with Gasteiger partial charge in [-0.25, -0.2) is 0 Å². The maximum Gasteiger partial charge on any atom is 0.387 e. The lowest BCUT2D eigenvalue weighted by Crippen LogP contribution is -2.44. The van der Waals surface area contributed by atoms with Crippen molar-refractivity contribution in [2.45, 2.75) is 6.61 Å². The van der Waals surface area contributed by atoms with Gasteiger partial charge in [0.1, 0.15) is 5.75 Å². The number of halogens is 2. The van der Waals surface area contributed by atoms with Gasteiger partial charge in [-0.2, -0.15) is 13.8 Å². The van der Waals surface area contributed by atoms with Crippen LogP contribution in [0.2, 0.25) is 0 Å². The summed E-state index contributed by atoms with van der Waals surface area (Å²) in [7, 11) is 3.02. The van der Waals surface area contributed by atoms with Crippen LogP contribution in [0.4, 0.5) is 8.78 Å². The number of alkyl halides is 2. The molecule has 2 aromatic carbocycles. The maximum absolute atomic E-state index is 12.7. The van der Waals surface area contributed by atoms with E-state index >= 15 is 0 Å². The minimum absolute atomic E-state index is 0.0879. The first kappa shape index (κ1) is 22.5. The summed E-state index contributed by atoms with van der Waals surface area (Å²) in [6.45, 7) is -2.97. The number of benzene rings is 2. The highest BCUT2D eigenvalue weighted by Crippen LogP contribution is 2.34. The number of hydrogen-bond acceptors (Lipinski definition) is 7. The fourth-order valence-corrected chi connectivity index (χ4v) is 3.79. The van der Waals surface area contributed by atoms with Gasteiger partial charge in [0.15, 0.2) is 15.8 Å². The lowest BCUT2D eigenvalue weighted by molar-refractivity contribution is -0.123. The average molecular weight is 466 g/mol. The molecule has 0 atom stereocenters. The number of nitrogens with one attached hydrogen (secondary N) is 1. The molecule has 2 aromatic rings. The molecule has 0 aliphatic carbocycles. The Kier molecular flexibility index (Phi) is 7.08. The number of thiocarbonyl (C=S) groups is 1. The SMILES string of the molecule is COc1ccc(/C=C2/SC(=S)N(NC(=O)c3ccc(OC(F)F)cc3)C2=O)cc1OC. The molecule has 0 aromatic heterocycles. The quantitative estimate of drug-likeness (QED) is 0.491. The van der Waals surface area contributed by atoms with Crippen LogP contribution in [0.1, 0.15) is 15.9 Å². The zero-order valence-corrected chi connectivity index (χ0v) is 17.9. The molecule has 0 bridgehead atoms. The van der Waals surface area contributed by atoms with Crippen LogP contribution in [-0.2, 0) is 4.79 Å². The predicted molar refractivity (Wildman–Crippen MR) is 115 cm³/mol. The summed E-state index contributed by atoms with van der Waals surface area (Å²) in [6.07, 6.45) is 1.61. The Balaban J connectivity index is 1.73. The minimum atomic E-state index is -2.97. The molecule has 0 saturated carbocycles. The Labute approximate surface area is 185 Å². The molecule has 1 N–H and O–H groups in total. The van der Waals surface area contributed by atoms with Crippen LogP contribution in [0, 0.1) is 0 Å². The highest BCUT2D eigenvalue weighted by Gasteiger charge is 2.33. The first-order chi connectivity index (χ1) is 14.8. The molecule has 0 radical (unpaired) electrons. The Morgan fingerprint density at radius 2 is 1.81 bits per heavy atom. The second-order valence-electron chi connectivity index (χ2n) is 5.98. The standard InChI is InChI=1S/C20H16F2N2O5S2/c1-27-14-8-3-11(9-15(14)28-2)10-16-18(26)24(20(30)31-16)23-17(25)12-4-6-13(7-5-12)29-19(21)22/h3-10,19H,1-2H3,(H,23,25)/b16-10+. The van der Waals surface area contributed by atoms with E-state index in [1.807, 2.05) is 0 Å². The number of carbonyl (C=O) groups is 2. The second-order valence-corrected chi connectivity index (χ2v) is 7.65. The minimum Gasteiger partial charge on any atom is -0.493 e. The zero-order chi connectivity index (χ0) is 22.5. The largest absolute Gasteiger partial charge is 0.493 e. The van der Waals surface area contributed by atoms with E-state index in [0.717, 1.165) is 16.8 Å². The molecule has 0 unspecified atom stereocenters. The van der Waals surface area contributed by atoms with Crippen molar-refractivity contribution in [2.24, 2.45) is 0 Å². The van der Waals surface area contributed by atoms with Crippen molar-refractivity contribution in [3.05, 3.63) is 58.5 Å². The lowest BCUT2D eigenvalue weighted by atomic mass is 10.2. The van der Waals surface area contributed by atoms with Crippen molar-refractivity contribution < 1.29 is 32.6 Å². The number of hydrazine groups is 1. The maximum atomic E-state index is 12.7. The van der Waals surface area contributed by atoms with Gasteiger partial charge >= 0.3 is 6.61 Å². The van der Waals surface area contributed by atoms with Crippen LogP contribution < -0.4 is 19.6 Å². The van der Waals surface area contributed by atoms with E-state index in [2.05, 4.69) is 10.2 Å². The molecule has 2 amide bonds. The highest BCUT2D eigenvalue weighted by atomic mass is 32.2. The van der Waals surface area contributed by atoms with Gasteiger partial charge in [0.2, 0.25) is 0 Å². The van der Waals surface area contributed by atoms with E-state index in [1.165, 1.54) is 38.5 Å². The predicted octanol–water partition coefficient (Wildman–Crippen LogP) is 3.85. The summed E-state index contributed by atoms with van der Waals surface area (Å²) in [5.74, 6) is -0.179. The van der Waals surface area contributed by atoms with Crippen LogP contribution >= 0.6 is 24.0 Å². The van der Waals surface area contributed by atoms with Crippen molar-refractivity contribution in [1.29, 1.82) is 0 Å². The first-order valence-electron chi connectivity index (χ1n) is 8.68. The van der Waals surface area contributed by atoms with E-state index in [0.29, 0.717) is 22.0 Å².